The van der Waals surface area contributed by atoms with Crippen molar-refractivity contribution in [3.05, 3.63) is 64.2 Å². The van der Waals surface area contributed by atoms with E-state index in [-0.39, 0.29) is 18.0 Å². The monoisotopic (exact) mass is 334 g/mol. The topological polar surface area (TPSA) is 59.8 Å². The van der Waals surface area contributed by atoms with Crippen LogP contribution in [0, 0.1) is 0 Å². The number of nitrogens with zero attached hydrogens (tertiary/aromatic N) is 3. The van der Waals surface area contributed by atoms with Crippen molar-refractivity contribution in [2.75, 3.05) is 12.4 Å². The standard InChI is InChI=1S/C16H13F3N4O/c1-20-13-11-7-8-12(16(17,18)19)21-14(11)23(15(24)22-13)9-10-5-3-2-4-6-10/h2-8H,9H2,1H3,(H,20,22,24). The van der Waals surface area contributed by atoms with Crippen LogP contribution in [-0.2, 0) is 12.7 Å². The number of aromatic nitrogens is 3. The molecular weight excluding hydrogens is 321 g/mol. The Morgan fingerprint density at radius 1 is 1.08 bits per heavy atom. The quantitative estimate of drug-likeness (QED) is 0.800. The van der Waals surface area contributed by atoms with Crippen LogP contribution in [0.2, 0.25) is 0 Å². The maximum atomic E-state index is 13.0. The number of halogens is 3. The Kier molecular flexibility index (Phi) is 3.96. The number of benzene rings is 1. The highest BCUT2D eigenvalue weighted by atomic mass is 19.4. The highest BCUT2D eigenvalue weighted by Gasteiger charge is 2.33. The van der Waals surface area contributed by atoms with Gasteiger partial charge in [0, 0.05) is 7.05 Å². The molecule has 2 heterocycles. The smallest absolute Gasteiger partial charge is 0.372 e. The van der Waals surface area contributed by atoms with Crippen LogP contribution >= 0.6 is 0 Å². The average molecular weight is 334 g/mol. The first-order chi connectivity index (χ1) is 11.4. The number of hydrogen-bond acceptors (Lipinski definition) is 4. The third-order valence-electron chi connectivity index (χ3n) is 3.54. The SMILES string of the molecule is CNc1nc(=O)n(Cc2ccccc2)c2nc(C(F)(F)F)ccc12. The zero-order valence-electron chi connectivity index (χ0n) is 12.6. The number of hydrogen-bond donors (Lipinski definition) is 1. The van der Waals surface area contributed by atoms with E-state index in [1.54, 1.807) is 31.3 Å². The van der Waals surface area contributed by atoms with Crippen LogP contribution in [0.15, 0.2) is 47.3 Å². The first-order valence-corrected chi connectivity index (χ1v) is 7.10. The molecule has 0 amide bonds. The first-order valence-electron chi connectivity index (χ1n) is 7.10. The van der Waals surface area contributed by atoms with Gasteiger partial charge in [0.1, 0.15) is 17.2 Å². The molecule has 0 unspecified atom stereocenters. The Hall–Kier alpha value is -2.90. The molecule has 8 heteroatoms. The van der Waals surface area contributed by atoms with E-state index in [0.29, 0.717) is 5.39 Å². The zero-order chi connectivity index (χ0) is 17.3. The van der Waals surface area contributed by atoms with Gasteiger partial charge in [-0.2, -0.15) is 18.2 Å². The van der Waals surface area contributed by atoms with Crippen molar-refractivity contribution in [2.24, 2.45) is 0 Å². The molecule has 1 N–H and O–H groups in total. The van der Waals surface area contributed by atoms with Crippen LogP contribution in [-0.4, -0.2) is 21.6 Å². The summed E-state index contributed by atoms with van der Waals surface area (Å²) in [6, 6.07) is 11.1. The Morgan fingerprint density at radius 3 is 2.42 bits per heavy atom. The molecule has 24 heavy (non-hydrogen) atoms. The number of nitrogens with one attached hydrogen (secondary N) is 1. The van der Waals surface area contributed by atoms with Crippen molar-refractivity contribution < 1.29 is 13.2 Å². The van der Waals surface area contributed by atoms with Crippen LogP contribution in [0.1, 0.15) is 11.3 Å². The van der Waals surface area contributed by atoms with Gasteiger partial charge in [0.2, 0.25) is 0 Å². The molecule has 3 rings (SSSR count). The molecule has 1 aromatic carbocycles. The molecule has 2 aromatic heterocycles. The van der Waals surface area contributed by atoms with Crippen molar-refractivity contribution in [1.82, 2.24) is 14.5 Å². The van der Waals surface area contributed by atoms with E-state index >= 15 is 0 Å². The number of rotatable bonds is 3. The summed E-state index contributed by atoms with van der Waals surface area (Å²) in [5.74, 6) is 0.195. The Morgan fingerprint density at radius 2 is 1.79 bits per heavy atom. The molecule has 0 aliphatic rings. The van der Waals surface area contributed by atoms with E-state index in [0.717, 1.165) is 16.2 Å². The normalized spacial score (nSPS) is 11.7. The summed E-state index contributed by atoms with van der Waals surface area (Å²) < 4.78 is 40.1. The maximum Gasteiger partial charge on any atom is 0.433 e. The fourth-order valence-corrected chi connectivity index (χ4v) is 2.40. The van der Waals surface area contributed by atoms with Crippen molar-refractivity contribution in [3.63, 3.8) is 0 Å². The maximum absolute atomic E-state index is 13.0. The Bertz CT molecular complexity index is 936. The van der Waals surface area contributed by atoms with Crippen molar-refractivity contribution in [3.8, 4) is 0 Å². The van der Waals surface area contributed by atoms with Gasteiger partial charge in [-0.15, -0.1) is 0 Å². The lowest BCUT2D eigenvalue weighted by atomic mass is 10.2. The highest BCUT2D eigenvalue weighted by Crippen LogP contribution is 2.30. The minimum absolute atomic E-state index is 0.0574. The van der Waals surface area contributed by atoms with E-state index in [9.17, 15) is 18.0 Å². The summed E-state index contributed by atoms with van der Waals surface area (Å²) in [7, 11) is 1.54. The predicted molar refractivity (Wildman–Crippen MR) is 83.9 cm³/mol. The van der Waals surface area contributed by atoms with Crippen molar-refractivity contribution in [1.29, 1.82) is 0 Å². The molecular formula is C16H13F3N4O. The van der Waals surface area contributed by atoms with Crippen molar-refractivity contribution >= 4 is 16.9 Å². The van der Waals surface area contributed by atoms with Crippen LogP contribution in [0.4, 0.5) is 19.0 Å². The van der Waals surface area contributed by atoms with Crippen LogP contribution in [0.25, 0.3) is 11.0 Å². The van der Waals surface area contributed by atoms with E-state index in [1.165, 1.54) is 6.07 Å². The summed E-state index contributed by atoms with van der Waals surface area (Å²) >= 11 is 0. The highest BCUT2D eigenvalue weighted by molar-refractivity contribution is 5.86. The van der Waals surface area contributed by atoms with Gasteiger partial charge in [0.05, 0.1) is 11.9 Å². The zero-order valence-corrected chi connectivity index (χ0v) is 12.6. The minimum Gasteiger partial charge on any atom is -0.372 e. The lowest BCUT2D eigenvalue weighted by Crippen LogP contribution is -2.26. The molecule has 124 valence electrons. The Balaban J connectivity index is 2.26. The van der Waals surface area contributed by atoms with Gasteiger partial charge < -0.3 is 5.32 Å². The minimum atomic E-state index is -4.59. The molecule has 0 bridgehead atoms. The van der Waals surface area contributed by atoms with Gasteiger partial charge in [0.15, 0.2) is 0 Å². The van der Waals surface area contributed by atoms with Gasteiger partial charge in [-0.3, -0.25) is 4.57 Å². The lowest BCUT2D eigenvalue weighted by Gasteiger charge is -2.13. The van der Waals surface area contributed by atoms with Gasteiger partial charge in [0.25, 0.3) is 0 Å². The third-order valence-corrected chi connectivity index (χ3v) is 3.54. The van der Waals surface area contributed by atoms with Gasteiger partial charge in [-0.25, -0.2) is 9.78 Å². The van der Waals surface area contributed by atoms with E-state index in [1.807, 2.05) is 6.07 Å². The number of anilines is 1. The number of alkyl halides is 3. The van der Waals surface area contributed by atoms with Crippen LogP contribution in [0.5, 0.6) is 0 Å². The molecule has 0 aliphatic carbocycles. The molecule has 0 radical (unpaired) electrons. The fraction of sp³-hybridized carbons (Fsp3) is 0.188. The predicted octanol–water partition coefficient (Wildman–Crippen LogP) is 2.90. The van der Waals surface area contributed by atoms with E-state index < -0.39 is 17.6 Å². The second-order valence-corrected chi connectivity index (χ2v) is 5.13. The summed E-state index contributed by atoms with van der Waals surface area (Å²) in [6.07, 6.45) is -4.59. The second kappa shape index (κ2) is 5.95. The molecule has 5 nitrogen and oxygen atoms in total. The molecule has 0 fully saturated rings. The third kappa shape index (κ3) is 2.94. The van der Waals surface area contributed by atoms with Crippen molar-refractivity contribution in [2.45, 2.75) is 12.7 Å². The molecule has 3 aromatic rings. The largest absolute Gasteiger partial charge is 0.433 e. The van der Waals surface area contributed by atoms with Gasteiger partial charge in [-0.05, 0) is 17.7 Å². The summed E-state index contributed by atoms with van der Waals surface area (Å²) in [5.41, 5.74) is -1.01. The summed E-state index contributed by atoms with van der Waals surface area (Å²) in [6.45, 7) is 0.0848. The lowest BCUT2D eigenvalue weighted by molar-refractivity contribution is -0.141. The number of pyridine rings is 1. The van der Waals surface area contributed by atoms with Crippen LogP contribution < -0.4 is 11.0 Å². The molecule has 0 spiro atoms. The average Bonchev–Trinajstić information content (AvgIpc) is 2.56. The second-order valence-electron chi connectivity index (χ2n) is 5.13. The summed E-state index contributed by atoms with van der Waals surface area (Å²) in [4.78, 5) is 19.8. The van der Waals surface area contributed by atoms with Crippen LogP contribution in [0.3, 0.4) is 0 Å². The van der Waals surface area contributed by atoms with Gasteiger partial charge in [-0.1, -0.05) is 30.3 Å². The Labute approximate surface area is 134 Å². The van der Waals surface area contributed by atoms with E-state index in [4.69, 9.17) is 0 Å². The first kappa shape index (κ1) is 16.0. The molecule has 0 saturated heterocycles. The van der Waals surface area contributed by atoms with E-state index in [2.05, 4.69) is 15.3 Å². The molecule has 0 aliphatic heterocycles. The fourth-order valence-electron chi connectivity index (χ4n) is 2.40. The van der Waals surface area contributed by atoms with Gasteiger partial charge >= 0.3 is 11.9 Å². The number of fused-ring (bicyclic) bond motifs is 1. The molecule has 0 atom stereocenters. The summed E-state index contributed by atoms with van der Waals surface area (Å²) in [5, 5.41) is 3.06. The molecule has 0 saturated carbocycles.